The van der Waals surface area contributed by atoms with Gasteiger partial charge in [-0.05, 0) is 25.1 Å². The molecule has 3 rings (SSSR count). The van der Waals surface area contributed by atoms with Gasteiger partial charge in [-0.2, -0.15) is 4.31 Å². The van der Waals surface area contributed by atoms with E-state index in [1.54, 1.807) is 19.1 Å². The summed E-state index contributed by atoms with van der Waals surface area (Å²) in [6.07, 6.45) is 1.46. The van der Waals surface area contributed by atoms with Crippen molar-refractivity contribution < 1.29 is 31.8 Å². The molecule has 164 valence electrons. The van der Waals surface area contributed by atoms with Gasteiger partial charge in [-0.3, -0.25) is 4.90 Å². The van der Waals surface area contributed by atoms with E-state index in [-0.39, 0.29) is 11.5 Å². The predicted molar refractivity (Wildman–Crippen MR) is 108 cm³/mol. The zero-order valence-corrected chi connectivity index (χ0v) is 18.1. The van der Waals surface area contributed by atoms with Crippen LogP contribution in [0.4, 0.5) is 0 Å². The first-order valence-corrected chi connectivity index (χ1v) is 11.0. The number of carbonyl (C=O) groups is 1. The number of methoxy groups -OCH3 is 2. The molecule has 0 unspecified atom stereocenters. The summed E-state index contributed by atoms with van der Waals surface area (Å²) in [4.78, 5) is 14.2. The largest absolute Gasteiger partial charge is 0.493 e. The minimum atomic E-state index is -3.66. The van der Waals surface area contributed by atoms with E-state index in [4.69, 9.17) is 18.6 Å². The van der Waals surface area contributed by atoms with Crippen molar-refractivity contribution in [1.29, 1.82) is 0 Å². The molecule has 0 amide bonds. The maximum atomic E-state index is 13.0. The Balaban J connectivity index is 1.66. The van der Waals surface area contributed by atoms with Crippen LogP contribution in [0.5, 0.6) is 11.5 Å². The van der Waals surface area contributed by atoms with Crippen LogP contribution in [0.25, 0.3) is 0 Å². The fraction of sp³-hybridized carbons (Fsp3) is 0.450. The van der Waals surface area contributed by atoms with Crippen molar-refractivity contribution in [3.8, 4) is 11.5 Å². The van der Waals surface area contributed by atoms with Crippen molar-refractivity contribution in [3.63, 3.8) is 0 Å². The summed E-state index contributed by atoms with van der Waals surface area (Å²) in [6, 6.07) is 6.15. The van der Waals surface area contributed by atoms with E-state index < -0.39 is 16.0 Å². The number of hydrogen-bond acceptors (Lipinski definition) is 8. The number of sulfonamides is 1. The molecule has 0 radical (unpaired) electrons. The first-order valence-electron chi connectivity index (χ1n) is 9.58. The summed E-state index contributed by atoms with van der Waals surface area (Å²) in [5.74, 6) is 0.930. The van der Waals surface area contributed by atoms with E-state index >= 15 is 0 Å². The Morgan fingerprint density at radius 1 is 1.07 bits per heavy atom. The van der Waals surface area contributed by atoms with Crippen molar-refractivity contribution in [3.05, 3.63) is 41.9 Å². The molecule has 0 atom stereocenters. The quantitative estimate of drug-likeness (QED) is 0.577. The van der Waals surface area contributed by atoms with E-state index in [0.29, 0.717) is 55.5 Å². The van der Waals surface area contributed by atoms with Gasteiger partial charge in [0.1, 0.15) is 11.3 Å². The van der Waals surface area contributed by atoms with E-state index in [1.165, 1.54) is 36.9 Å². The molecule has 1 saturated heterocycles. The third-order valence-corrected chi connectivity index (χ3v) is 6.83. The number of nitrogens with zero attached hydrogens (tertiary/aromatic N) is 2. The highest BCUT2D eigenvalue weighted by molar-refractivity contribution is 7.89. The summed E-state index contributed by atoms with van der Waals surface area (Å²) in [6.45, 7) is 4.11. The Morgan fingerprint density at radius 2 is 1.77 bits per heavy atom. The molecular formula is C20H26N2O7S. The lowest BCUT2D eigenvalue weighted by Gasteiger charge is -2.33. The van der Waals surface area contributed by atoms with Gasteiger partial charge in [0.15, 0.2) is 11.5 Å². The molecule has 1 aromatic heterocycles. The van der Waals surface area contributed by atoms with Gasteiger partial charge < -0.3 is 18.6 Å². The average Bonchev–Trinajstić information content (AvgIpc) is 3.22. The van der Waals surface area contributed by atoms with Crippen LogP contribution in [-0.2, 0) is 21.3 Å². The van der Waals surface area contributed by atoms with Crippen LogP contribution >= 0.6 is 0 Å². The van der Waals surface area contributed by atoms with Gasteiger partial charge in [-0.15, -0.1) is 0 Å². The Bertz CT molecular complexity index is 979. The highest BCUT2D eigenvalue weighted by Crippen LogP contribution is 2.31. The second kappa shape index (κ2) is 9.50. The number of ether oxygens (including phenoxy) is 3. The molecule has 0 saturated carbocycles. The van der Waals surface area contributed by atoms with Crippen LogP contribution in [0.3, 0.4) is 0 Å². The van der Waals surface area contributed by atoms with Gasteiger partial charge in [-0.1, -0.05) is 0 Å². The summed E-state index contributed by atoms with van der Waals surface area (Å²) < 4.78 is 48.4. The van der Waals surface area contributed by atoms with Crippen LogP contribution in [0.15, 0.2) is 39.8 Å². The van der Waals surface area contributed by atoms with Gasteiger partial charge in [0, 0.05) is 32.2 Å². The number of carbonyl (C=O) groups excluding carboxylic acids is 1. The fourth-order valence-corrected chi connectivity index (χ4v) is 4.75. The number of hydrogen-bond donors (Lipinski definition) is 0. The van der Waals surface area contributed by atoms with Gasteiger partial charge >= 0.3 is 5.97 Å². The zero-order valence-electron chi connectivity index (χ0n) is 17.3. The highest BCUT2D eigenvalue weighted by Gasteiger charge is 2.30. The summed E-state index contributed by atoms with van der Waals surface area (Å²) >= 11 is 0. The lowest BCUT2D eigenvalue weighted by molar-refractivity contribution is 0.0521. The number of rotatable bonds is 8. The highest BCUT2D eigenvalue weighted by atomic mass is 32.2. The number of piperazine rings is 1. The third kappa shape index (κ3) is 4.61. The molecule has 1 aromatic carbocycles. The molecule has 0 spiro atoms. The predicted octanol–water partition coefficient (Wildman–Crippen LogP) is 1.98. The fourth-order valence-electron chi connectivity index (χ4n) is 3.31. The topological polar surface area (TPSA) is 98.5 Å². The second-order valence-electron chi connectivity index (χ2n) is 6.67. The van der Waals surface area contributed by atoms with Crippen LogP contribution in [0.2, 0.25) is 0 Å². The van der Waals surface area contributed by atoms with Crippen LogP contribution in [0.1, 0.15) is 23.0 Å². The van der Waals surface area contributed by atoms with Gasteiger partial charge in [0.2, 0.25) is 10.0 Å². The molecule has 1 aliphatic heterocycles. The van der Waals surface area contributed by atoms with Crippen LogP contribution in [-0.4, -0.2) is 70.6 Å². The van der Waals surface area contributed by atoms with Crippen molar-refractivity contribution in [2.24, 2.45) is 0 Å². The number of benzene rings is 1. The number of esters is 1. The molecule has 2 heterocycles. The normalized spacial score (nSPS) is 15.7. The SMILES string of the molecule is CCOC(=O)c1ccoc1CN1CCN(S(=O)(=O)c2ccc(OC)c(OC)c2)CC1. The van der Waals surface area contributed by atoms with Crippen molar-refractivity contribution in [1.82, 2.24) is 9.21 Å². The third-order valence-electron chi connectivity index (χ3n) is 4.93. The second-order valence-corrected chi connectivity index (χ2v) is 8.61. The van der Waals surface area contributed by atoms with Crippen LogP contribution in [0, 0.1) is 0 Å². The summed E-state index contributed by atoms with van der Waals surface area (Å²) in [5.41, 5.74) is 0.400. The van der Waals surface area contributed by atoms with Crippen molar-refractivity contribution in [2.45, 2.75) is 18.4 Å². The molecule has 2 aromatic rings. The van der Waals surface area contributed by atoms with E-state index in [1.807, 2.05) is 4.90 Å². The average molecular weight is 439 g/mol. The lowest BCUT2D eigenvalue weighted by atomic mass is 10.2. The van der Waals surface area contributed by atoms with Crippen molar-refractivity contribution in [2.75, 3.05) is 47.0 Å². The summed E-state index contributed by atoms with van der Waals surface area (Å²) in [5, 5.41) is 0. The van der Waals surface area contributed by atoms with Gasteiger partial charge in [0.05, 0.1) is 38.5 Å². The Morgan fingerprint density at radius 3 is 2.40 bits per heavy atom. The maximum Gasteiger partial charge on any atom is 0.341 e. The standard InChI is InChI=1S/C20H26N2O7S/c1-4-28-20(23)16-7-12-29-19(16)14-21-8-10-22(11-9-21)30(24,25)15-5-6-17(26-2)18(13-15)27-3/h5-7,12-13H,4,8-11,14H2,1-3H3. The molecule has 30 heavy (non-hydrogen) atoms. The monoisotopic (exact) mass is 438 g/mol. The van der Waals surface area contributed by atoms with Crippen LogP contribution < -0.4 is 9.47 Å². The minimum Gasteiger partial charge on any atom is -0.493 e. The molecule has 0 bridgehead atoms. The lowest BCUT2D eigenvalue weighted by Crippen LogP contribution is -2.48. The minimum absolute atomic E-state index is 0.157. The van der Waals surface area contributed by atoms with Gasteiger partial charge in [-0.25, -0.2) is 13.2 Å². The van der Waals surface area contributed by atoms with E-state index in [9.17, 15) is 13.2 Å². The summed E-state index contributed by atoms with van der Waals surface area (Å²) in [7, 11) is -0.698. The van der Waals surface area contributed by atoms with E-state index in [2.05, 4.69) is 0 Å². The molecule has 1 aliphatic rings. The zero-order chi connectivity index (χ0) is 21.7. The maximum absolute atomic E-state index is 13.0. The molecule has 1 fully saturated rings. The molecule has 9 nitrogen and oxygen atoms in total. The Hall–Kier alpha value is -2.56. The molecule has 0 N–H and O–H groups in total. The first kappa shape index (κ1) is 22.1. The molecular weight excluding hydrogens is 412 g/mol. The first-order chi connectivity index (χ1) is 14.4. The Kier molecular flexibility index (Phi) is 7.01. The van der Waals surface area contributed by atoms with Gasteiger partial charge in [0.25, 0.3) is 0 Å². The van der Waals surface area contributed by atoms with Crippen molar-refractivity contribution >= 4 is 16.0 Å². The smallest absolute Gasteiger partial charge is 0.341 e. The van der Waals surface area contributed by atoms with E-state index in [0.717, 1.165) is 0 Å². The number of furan rings is 1. The Labute approximate surface area is 176 Å². The molecule has 0 aliphatic carbocycles. The molecule has 10 heteroatoms.